The van der Waals surface area contributed by atoms with Crippen LogP contribution in [0.4, 0.5) is 4.79 Å². The van der Waals surface area contributed by atoms with Crippen molar-refractivity contribution in [2.24, 2.45) is 17.8 Å². The highest BCUT2D eigenvalue weighted by Crippen LogP contribution is 2.16. The van der Waals surface area contributed by atoms with Crippen LogP contribution in [0.2, 0.25) is 0 Å². The largest absolute Gasteiger partial charge is 0.464 e. The number of likely N-dealkylation sites (N-methyl/N-ethyl adjacent to an activating group) is 1. The quantitative estimate of drug-likeness (QED) is 0.286. The zero-order valence-corrected chi connectivity index (χ0v) is 18.8. The maximum atomic E-state index is 12.5. The molecule has 5 heteroatoms. The van der Waals surface area contributed by atoms with Crippen molar-refractivity contribution in [1.29, 1.82) is 0 Å². The van der Waals surface area contributed by atoms with Crippen molar-refractivity contribution in [3.05, 3.63) is 0 Å². The highest BCUT2D eigenvalue weighted by atomic mass is 16.6. The molecule has 0 rings (SSSR count). The first-order valence-corrected chi connectivity index (χ1v) is 10.8. The summed E-state index contributed by atoms with van der Waals surface area (Å²) in [6.07, 6.45) is 6.35. The summed E-state index contributed by atoms with van der Waals surface area (Å²) in [5.41, 5.74) is 0. The molecular weight excluding hydrogens is 342 g/mol. The fourth-order valence-electron chi connectivity index (χ4n) is 2.94. The second-order valence-corrected chi connectivity index (χ2v) is 8.45. The molecule has 0 N–H and O–H groups in total. The van der Waals surface area contributed by atoms with E-state index in [-0.39, 0.29) is 11.9 Å². The normalized spacial score (nSPS) is 13.5. The van der Waals surface area contributed by atoms with Crippen LogP contribution in [0.25, 0.3) is 0 Å². The standard InChI is InChI=1S/C22H43NO4/c1-8-10-13-19(9-2)16-27-22(25)23(7)20(15-18(5)6)21(24)26-14-11-12-17(3)4/h17-20H,8-16H2,1-7H3. The van der Waals surface area contributed by atoms with Crippen LogP contribution in [-0.4, -0.2) is 43.3 Å². The van der Waals surface area contributed by atoms with E-state index in [1.54, 1.807) is 7.05 Å². The number of carbonyl (C=O) groups is 2. The summed E-state index contributed by atoms with van der Waals surface area (Å²) < 4.78 is 10.9. The van der Waals surface area contributed by atoms with Crippen molar-refractivity contribution in [3.8, 4) is 0 Å². The van der Waals surface area contributed by atoms with E-state index >= 15 is 0 Å². The van der Waals surface area contributed by atoms with Gasteiger partial charge >= 0.3 is 12.1 Å². The summed E-state index contributed by atoms with van der Waals surface area (Å²) in [5, 5.41) is 0. The molecule has 0 aliphatic carbocycles. The van der Waals surface area contributed by atoms with Crippen LogP contribution in [0.15, 0.2) is 0 Å². The molecule has 0 aromatic rings. The maximum Gasteiger partial charge on any atom is 0.410 e. The van der Waals surface area contributed by atoms with E-state index in [4.69, 9.17) is 9.47 Å². The topological polar surface area (TPSA) is 55.8 Å². The van der Waals surface area contributed by atoms with Crippen LogP contribution < -0.4 is 0 Å². The second-order valence-electron chi connectivity index (χ2n) is 8.45. The fraction of sp³-hybridized carbons (Fsp3) is 0.909. The molecule has 0 aromatic carbocycles. The lowest BCUT2D eigenvalue weighted by Crippen LogP contribution is -2.44. The fourth-order valence-corrected chi connectivity index (χ4v) is 2.94. The summed E-state index contributed by atoms with van der Waals surface area (Å²) in [6.45, 7) is 13.5. The van der Waals surface area contributed by atoms with Gasteiger partial charge in [-0.2, -0.15) is 0 Å². The first-order valence-electron chi connectivity index (χ1n) is 10.8. The summed E-state index contributed by atoms with van der Waals surface area (Å²) in [5.74, 6) is 0.923. The number of ether oxygens (including phenoxy) is 2. The van der Waals surface area contributed by atoms with E-state index in [0.29, 0.717) is 31.5 Å². The third-order valence-electron chi connectivity index (χ3n) is 4.88. The predicted octanol–water partition coefficient (Wildman–Crippen LogP) is 5.67. The first-order chi connectivity index (χ1) is 12.7. The molecule has 0 radical (unpaired) electrons. The van der Waals surface area contributed by atoms with E-state index in [1.165, 1.54) is 4.90 Å². The summed E-state index contributed by atoms with van der Waals surface area (Å²) >= 11 is 0. The smallest absolute Gasteiger partial charge is 0.410 e. The van der Waals surface area contributed by atoms with Gasteiger partial charge in [-0.25, -0.2) is 9.59 Å². The van der Waals surface area contributed by atoms with Gasteiger partial charge < -0.3 is 9.47 Å². The van der Waals surface area contributed by atoms with Gasteiger partial charge in [0.25, 0.3) is 0 Å². The van der Waals surface area contributed by atoms with Crippen LogP contribution in [0.5, 0.6) is 0 Å². The Hall–Kier alpha value is -1.26. The molecule has 0 saturated heterocycles. The number of esters is 1. The van der Waals surface area contributed by atoms with Gasteiger partial charge in [-0.1, -0.05) is 60.8 Å². The molecule has 0 aliphatic heterocycles. The van der Waals surface area contributed by atoms with Crippen LogP contribution in [0, 0.1) is 17.8 Å². The van der Waals surface area contributed by atoms with Gasteiger partial charge in [0, 0.05) is 7.05 Å². The molecule has 1 amide bonds. The van der Waals surface area contributed by atoms with E-state index in [2.05, 4.69) is 27.7 Å². The van der Waals surface area contributed by atoms with E-state index in [0.717, 1.165) is 38.5 Å². The summed E-state index contributed by atoms with van der Waals surface area (Å²) in [7, 11) is 1.64. The monoisotopic (exact) mass is 385 g/mol. The number of carbonyl (C=O) groups excluding carboxylic acids is 2. The summed E-state index contributed by atoms with van der Waals surface area (Å²) in [6, 6.07) is -0.590. The third kappa shape index (κ3) is 11.9. The highest BCUT2D eigenvalue weighted by Gasteiger charge is 2.30. The lowest BCUT2D eigenvalue weighted by atomic mass is 10.0. The van der Waals surface area contributed by atoms with Crippen LogP contribution in [0.1, 0.15) is 86.5 Å². The van der Waals surface area contributed by atoms with Crippen molar-refractivity contribution in [2.45, 2.75) is 92.5 Å². The van der Waals surface area contributed by atoms with E-state index in [1.807, 2.05) is 13.8 Å². The minimum absolute atomic E-state index is 0.279. The number of rotatable bonds is 14. The zero-order chi connectivity index (χ0) is 20.8. The Labute approximate surface area is 167 Å². The Morgan fingerprint density at radius 2 is 1.59 bits per heavy atom. The second kappa shape index (κ2) is 14.8. The summed E-state index contributed by atoms with van der Waals surface area (Å²) in [4.78, 5) is 26.4. The number of hydrogen-bond donors (Lipinski definition) is 0. The molecule has 5 nitrogen and oxygen atoms in total. The minimum atomic E-state index is -0.590. The minimum Gasteiger partial charge on any atom is -0.464 e. The molecule has 0 fully saturated rings. The molecule has 0 spiro atoms. The van der Waals surface area contributed by atoms with Gasteiger partial charge in [0.1, 0.15) is 6.04 Å². The Balaban J connectivity index is 4.66. The van der Waals surface area contributed by atoms with Gasteiger partial charge in [0.2, 0.25) is 0 Å². The lowest BCUT2D eigenvalue weighted by molar-refractivity contribution is -0.149. The molecule has 0 heterocycles. The zero-order valence-electron chi connectivity index (χ0n) is 18.8. The van der Waals surface area contributed by atoms with Gasteiger partial charge in [-0.3, -0.25) is 4.90 Å². The predicted molar refractivity (Wildman–Crippen MR) is 111 cm³/mol. The van der Waals surface area contributed by atoms with Crippen molar-refractivity contribution < 1.29 is 19.1 Å². The molecule has 0 aromatic heterocycles. The maximum absolute atomic E-state index is 12.5. The molecule has 0 saturated carbocycles. The molecule has 2 unspecified atom stereocenters. The number of amides is 1. The Bertz CT molecular complexity index is 409. The van der Waals surface area contributed by atoms with Crippen molar-refractivity contribution in [2.75, 3.05) is 20.3 Å². The van der Waals surface area contributed by atoms with Crippen LogP contribution >= 0.6 is 0 Å². The number of nitrogens with zero attached hydrogens (tertiary/aromatic N) is 1. The first kappa shape index (κ1) is 25.7. The SMILES string of the molecule is CCCCC(CC)COC(=O)N(C)C(CC(C)C)C(=O)OCCCC(C)C. The van der Waals surface area contributed by atoms with Gasteiger partial charge in [0.15, 0.2) is 0 Å². The molecule has 0 bridgehead atoms. The average molecular weight is 386 g/mol. The third-order valence-corrected chi connectivity index (χ3v) is 4.88. The molecule has 0 aliphatic rings. The van der Waals surface area contributed by atoms with Crippen molar-refractivity contribution in [3.63, 3.8) is 0 Å². The Morgan fingerprint density at radius 1 is 0.926 bits per heavy atom. The van der Waals surface area contributed by atoms with Gasteiger partial charge in [0.05, 0.1) is 13.2 Å². The Morgan fingerprint density at radius 3 is 2.11 bits per heavy atom. The number of hydrogen-bond acceptors (Lipinski definition) is 4. The van der Waals surface area contributed by atoms with E-state index < -0.39 is 12.1 Å². The molecule has 2 atom stereocenters. The van der Waals surface area contributed by atoms with E-state index in [9.17, 15) is 9.59 Å². The Kier molecular flexibility index (Phi) is 14.1. The molecule has 27 heavy (non-hydrogen) atoms. The van der Waals surface area contributed by atoms with Crippen molar-refractivity contribution >= 4 is 12.1 Å². The molecule has 160 valence electrons. The van der Waals surface area contributed by atoms with Crippen LogP contribution in [0.3, 0.4) is 0 Å². The number of unbranched alkanes of at least 4 members (excludes halogenated alkanes) is 1. The van der Waals surface area contributed by atoms with Gasteiger partial charge in [-0.05, 0) is 43.4 Å². The average Bonchev–Trinajstić information content (AvgIpc) is 2.62. The van der Waals surface area contributed by atoms with Crippen LogP contribution in [-0.2, 0) is 14.3 Å². The van der Waals surface area contributed by atoms with Crippen molar-refractivity contribution in [1.82, 2.24) is 4.90 Å². The molecular formula is C22H43NO4. The lowest BCUT2D eigenvalue weighted by Gasteiger charge is -2.28. The highest BCUT2D eigenvalue weighted by molar-refractivity contribution is 5.81. The van der Waals surface area contributed by atoms with Gasteiger partial charge in [-0.15, -0.1) is 0 Å².